The summed E-state index contributed by atoms with van der Waals surface area (Å²) in [5, 5.41) is 0. The van der Waals surface area contributed by atoms with Crippen LogP contribution in [0.3, 0.4) is 0 Å². The number of rotatable bonds is 4. The largest absolute Gasteiger partial charge is 0.350 e. The first-order chi connectivity index (χ1) is 13.1. The highest BCUT2D eigenvalue weighted by molar-refractivity contribution is 7.92. The fourth-order valence-electron chi connectivity index (χ4n) is 3.79. The number of likely N-dealkylation sites (tertiary alicyclic amines) is 1. The summed E-state index contributed by atoms with van der Waals surface area (Å²) in [5.41, 5.74) is 3.87. The third kappa shape index (κ3) is 3.68. The Hall–Kier alpha value is -2.28. The number of amides is 1. The van der Waals surface area contributed by atoms with Gasteiger partial charge in [0.1, 0.15) is 4.90 Å². The number of hydrogen-bond acceptors (Lipinski definition) is 3. The Balaban J connectivity index is 2.08. The standard InChI is InChI=1S/C21H29N3O3S/c1-14-9-10-15(2)18(13-14)22-28(26,27)20-17(4)23(5)16(3)19(20)21(25)24-11-7-6-8-12-24/h9-10,13,22H,6-8,11-12H2,1-5H3. The molecule has 1 N–H and O–H groups in total. The third-order valence-electron chi connectivity index (χ3n) is 5.69. The number of aryl methyl sites for hydroxylation is 2. The lowest BCUT2D eigenvalue weighted by molar-refractivity contribution is 0.0720. The first-order valence-electron chi connectivity index (χ1n) is 9.68. The molecule has 2 aromatic rings. The first kappa shape index (κ1) is 20.5. The van der Waals surface area contributed by atoms with E-state index in [1.165, 1.54) is 0 Å². The zero-order valence-electron chi connectivity index (χ0n) is 17.3. The van der Waals surface area contributed by atoms with Crippen molar-refractivity contribution in [3.05, 3.63) is 46.3 Å². The van der Waals surface area contributed by atoms with Crippen molar-refractivity contribution in [3.63, 3.8) is 0 Å². The number of benzene rings is 1. The van der Waals surface area contributed by atoms with Gasteiger partial charge in [-0.2, -0.15) is 0 Å². The molecule has 152 valence electrons. The van der Waals surface area contributed by atoms with Crippen LogP contribution < -0.4 is 4.72 Å². The average molecular weight is 404 g/mol. The normalized spacial score (nSPS) is 15.0. The second-order valence-electron chi connectivity index (χ2n) is 7.71. The summed E-state index contributed by atoms with van der Waals surface area (Å²) in [5.74, 6) is -0.192. The van der Waals surface area contributed by atoms with Crippen molar-refractivity contribution in [1.29, 1.82) is 0 Å². The number of anilines is 1. The fourth-order valence-corrected chi connectivity index (χ4v) is 5.44. The Labute approximate surface area is 167 Å². The molecule has 0 unspecified atom stereocenters. The highest BCUT2D eigenvalue weighted by Gasteiger charge is 2.33. The molecule has 0 radical (unpaired) electrons. The molecule has 0 aliphatic carbocycles. The Kier molecular flexibility index (Phi) is 5.57. The molecule has 0 saturated carbocycles. The molecule has 0 atom stereocenters. The van der Waals surface area contributed by atoms with Crippen LogP contribution in [-0.4, -0.2) is 36.9 Å². The van der Waals surface area contributed by atoms with Gasteiger partial charge in [-0.3, -0.25) is 9.52 Å². The van der Waals surface area contributed by atoms with Crippen molar-refractivity contribution >= 4 is 21.6 Å². The van der Waals surface area contributed by atoms with Crippen molar-refractivity contribution < 1.29 is 13.2 Å². The van der Waals surface area contributed by atoms with Gasteiger partial charge in [0.2, 0.25) is 0 Å². The number of nitrogens with zero attached hydrogens (tertiary/aromatic N) is 2. The number of sulfonamides is 1. The second-order valence-corrected chi connectivity index (χ2v) is 9.33. The molecular formula is C21H29N3O3S. The van der Waals surface area contributed by atoms with E-state index in [1.54, 1.807) is 30.4 Å². The minimum absolute atomic E-state index is 0.0870. The van der Waals surface area contributed by atoms with Gasteiger partial charge in [0.15, 0.2) is 0 Å². The lowest BCUT2D eigenvalue weighted by Gasteiger charge is -2.27. The molecule has 1 saturated heterocycles. The number of nitrogens with one attached hydrogen (secondary N) is 1. The van der Waals surface area contributed by atoms with Gasteiger partial charge in [0, 0.05) is 31.5 Å². The molecule has 1 aromatic carbocycles. The van der Waals surface area contributed by atoms with Crippen LogP contribution in [0.2, 0.25) is 0 Å². The van der Waals surface area contributed by atoms with Gasteiger partial charge < -0.3 is 9.47 Å². The summed E-state index contributed by atoms with van der Waals surface area (Å²) in [7, 11) is -2.12. The van der Waals surface area contributed by atoms with E-state index in [-0.39, 0.29) is 10.8 Å². The number of hydrogen-bond donors (Lipinski definition) is 1. The maximum Gasteiger partial charge on any atom is 0.264 e. The van der Waals surface area contributed by atoms with Gasteiger partial charge in [-0.1, -0.05) is 12.1 Å². The van der Waals surface area contributed by atoms with Crippen molar-refractivity contribution in [3.8, 4) is 0 Å². The predicted octanol–water partition coefficient (Wildman–Crippen LogP) is 3.69. The molecule has 0 bridgehead atoms. The molecule has 7 heteroatoms. The summed E-state index contributed by atoms with van der Waals surface area (Å²) >= 11 is 0. The molecule has 28 heavy (non-hydrogen) atoms. The second kappa shape index (κ2) is 7.62. The summed E-state index contributed by atoms with van der Waals surface area (Å²) in [6.07, 6.45) is 3.02. The molecule has 1 fully saturated rings. The lowest BCUT2D eigenvalue weighted by atomic mass is 10.1. The highest BCUT2D eigenvalue weighted by atomic mass is 32.2. The highest BCUT2D eigenvalue weighted by Crippen LogP contribution is 2.30. The monoisotopic (exact) mass is 403 g/mol. The summed E-state index contributed by atoms with van der Waals surface area (Å²) < 4.78 is 31.2. The number of carbonyl (C=O) groups excluding carboxylic acids is 1. The van der Waals surface area contributed by atoms with Gasteiger partial charge in [0.25, 0.3) is 15.9 Å². The van der Waals surface area contributed by atoms with Crippen LogP contribution in [0.1, 0.15) is 52.1 Å². The quantitative estimate of drug-likeness (QED) is 0.846. The van der Waals surface area contributed by atoms with Gasteiger partial charge in [0.05, 0.1) is 11.3 Å². The van der Waals surface area contributed by atoms with E-state index in [9.17, 15) is 13.2 Å². The number of carbonyl (C=O) groups is 1. The fraction of sp³-hybridized carbons (Fsp3) is 0.476. The topological polar surface area (TPSA) is 71.4 Å². The van der Waals surface area contributed by atoms with Gasteiger partial charge in [-0.25, -0.2) is 8.42 Å². The number of piperidine rings is 1. The predicted molar refractivity (Wildman–Crippen MR) is 111 cm³/mol. The number of aromatic nitrogens is 1. The van der Waals surface area contributed by atoms with E-state index >= 15 is 0 Å². The Bertz CT molecular complexity index is 1020. The van der Waals surface area contributed by atoms with Crippen LogP contribution >= 0.6 is 0 Å². The van der Waals surface area contributed by atoms with E-state index in [0.717, 1.165) is 30.4 Å². The van der Waals surface area contributed by atoms with E-state index in [4.69, 9.17) is 0 Å². The zero-order valence-corrected chi connectivity index (χ0v) is 18.1. The smallest absolute Gasteiger partial charge is 0.264 e. The Morgan fingerprint density at radius 1 is 1.00 bits per heavy atom. The van der Waals surface area contributed by atoms with E-state index in [2.05, 4.69) is 4.72 Å². The van der Waals surface area contributed by atoms with Crippen LogP contribution in [0.4, 0.5) is 5.69 Å². The SMILES string of the molecule is Cc1ccc(C)c(NS(=O)(=O)c2c(C(=O)N3CCCCC3)c(C)n(C)c2C)c1. The van der Waals surface area contributed by atoms with E-state index in [1.807, 2.05) is 32.0 Å². The summed E-state index contributed by atoms with van der Waals surface area (Å²) in [6, 6.07) is 5.64. The van der Waals surface area contributed by atoms with Crippen LogP contribution in [-0.2, 0) is 17.1 Å². The zero-order chi connectivity index (χ0) is 20.6. The van der Waals surface area contributed by atoms with Crippen LogP contribution in [0.5, 0.6) is 0 Å². The summed E-state index contributed by atoms with van der Waals surface area (Å²) in [4.78, 5) is 15.1. The molecule has 6 nitrogen and oxygen atoms in total. The van der Waals surface area contributed by atoms with E-state index < -0.39 is 10.0 Å². The molecule has 0 spiro atoms. The van der Waals surface area contributed by atoms with Gasteiger partial charge in [-0.05, 0) is 64.2 Å². The van der Waals surface area contributed by atoms with Crippen molar-refractivity contribution in [2.45, 2.75) is 51.9 Å². The maximum atomic E-state index is 13.4. The van der Waals surface area contributed by atoms with Crippen LogP contribution in [0.15, 0.2) is 23.1 Å². The molecule has 2 heterocycles. The van der Waals surface area contributed by atoms with Crippen molar-refractivity contribution in [2.75, 3.05) is 17.8 Å². The third-order valence-corrected chi connectivity index (χ3v) is 7.21. The van der Waals surface area contributed by atoms with Gasteiger partial charge in [-0.15, -0.1) is 0 Å². The molecule has 1 aliphatic rings. The molecular weight excluding hydrogens is 374 g/mol. The minimum Gasteiger partial charge on any atom is -0.350 e. The molecule has 1 aromatic heterocycles. The summed E-state index contributed by atoms with van der Waals surface area (Å²) in [6.45, 7) is 8.69. The molecule has 1 amide bonds. The first-order valence-corrected chi connectivity index (χ1v) is 11.2. The van der Waals surface area contributed by atoms with Gasteiger partial charge >= 0.3 is 0 Å². The van der Waals surface area contributed by atoms with Crippen LogP contribution in [0, 0.1) is 27.7 Å². The maximum absolute atomic E-state index is 13.4. The Morgan fingerprint density at radius 3 is 2.29 bits per heavy atom. The van der Waals surface area contributed by atoms with Crippen molar-refractivity contribution in [2.24, 2.45) is 7.05 Å². The average Bonchev–Trinajstić information content (AvgIpc) is 2.89. The minimum atomic E-state index is -3.92. The lowest BCUT2D eigenvalue weighted by Crippen LogP contribution is -2.36. The van der Waals surface area contributed by atoms with Crippen LogP contribution in [0.25, 0.3) is 0 Å². The Morgan fingerprint density at radius 2 is 1.64 bits per heavy atom. The van der Waals surface area contributed by atoms with Crippen molar-refractivity contribution in [1.82, 2.24) is 9.47 Å². The molecule has 3 rings (SSSR count). The van der Waals surface area contributed by atoms with E-state index in [0.29, 0.717) is 35.7 Å². The molecule has 1 aliphatic heterocycles.